The predicted molar refractivity (Wildman–Crippen MR) is 56.1 cm³/mol. The molecule has 2 nitrogen and oxygen atoms in total. The van der Waals surface area contributed by atoms with Crippen molar-refractivity contribution in [2.24, 2.45) is 5.41 Å². The van der Waals surface area contributed by atoms with E-state index in [0.29, 0.717) is 12.0 Å². The van der Waals surface area contributed by atoms with Gasteiger partial charge in [0.1, 0.15) is 11.6 Å². The van der Waals surface area contributed by atoms with Gasteiger partial charge < -0.3 is 5.11 Å². The van der Waals surface area contributed by atoms with Crippen molar-refractivity contribution in [2.75, 3.05) is 0 Å². The van der Waals surface area contributed by atoms with Gasteiger partial charge >= 0.3 is 5.97 Å². The van der Waals surface area contributed by atoms with Crippen LogP contribution in [0.1, 0.15) is 25.8 Å². The second-order valence-corrected chi connectivity index (χ2v) is 4.69. The molecule has 1 N–H and O–H groups in total. The van der Waals surface area contributed by atoms with Gasteiger partial charge in [-0.25, -0.2) is 8.78 Å². The van der Waals surface area contributed by atoms with E-state index in [1.807, 2.05) is 0 Å². The lowest BCUT2D eigenvalue weighted by Gasteiger charge is -2.22. The summed E-state index contributed by atoms with van der Waals surface area (Å²) >= 11 is 0. The zero-order valence-electron chi connectivity index (χ0n) is 9.26. The molecule has 0 fully saturated rings. The highest BCUT2D eigenvalue weighted by Crippen LogP contribution is 2.26. The van der Waals surface area contributed by atoms with E-state index in [1.54, 1.807) is 13.8 Å². The van der Waals surface area contributed by atoms with Crippen LogP contribution in [0, 0.1) is 17.0 Å². The molecule has 0 spiro atoms. The molecule has 88 valence electrons. The van der Waals surface area contributed by atoms with Crippen LogP contribution >= 0.6 is 0 Å². The summed E-state index contributed by atoms with van der Waals surface area (Å²) in [6, 6.07) is 3.26. The maximum Gasteiger partial charge on any atom is 0.303 e. The summed E-state index contributed by atoms with van der Waals surface area (Å²) in [5, 5.41) is 8.69. The largest absolute Gasteiger partial charge is 0.481 e. The average molecular weight is 228 g/mol. The molecule has 0 heterocycles. The second kappa shape index (κ2) is 4.60. The van der Waals surface area contributed by atoms with E-state index in [9.17, 15) is 13.6 Å². The van der Waals surface area contributed by atoms with Crippen molar-refractivity contribution in [3.8, 4) is 0 Å². The molecule has 0 atom stereocenters. The molecular weight excluding hydrogens is 214 g/mol. The minimum absolute atomic E-state index is 0.0366. The summed E-state index contributed by atoms with van der Waals surface area (Å²) in [5.74, 6) is -2.19. The van der Waals surface area contributed by atoms with E-state index in [1.165, 1.54) is 12.1 Å². The van der Waals surface area contributed by atoms with Gasteiger partial charge in [0.15, 0.2) is 0 Å². The molecule has 0 aliphatic heterocycles. The molecule has 16 heavy (non-hydrogen) atoms. The van der Waals surface area contributed by atoms with Crippen LogP contribution in [0.3, 0.4) is 0 Å². The molecule has 1 rings (SSSR count). The van der Waals surface area contributed by atoms with Gasteiger partial charge in [0, 0.05) is 6.07 Å². The van der Waals surface area contributed by atoms with Gasteiger partial charge in [-0.05, 0) is 29.5 Å². The van der Waals surface area contributed by atoms with Crippen molar-refractivity contribution in [1.29, 1.82) is 0 Å². The van der Waals surface area contributed by atoms with Crippen molar-refractivity contribution in [3.63, 3.8) is 0 Å². The maximum absolute atomic E-state index is 12.9. The minimum Gasteiger partial charge on any atom is -0.481 e. The van der Waals surface area contributed by atoms with Gasteiger partial charge in [-0.2, -0.15) is 0 Å². The smallest absolute Gasteiger partial charge is 0.303 e. The number of carboxylic acid groups (broad SMARTS) is 1. The van der Waals surface area contributed by atoms with Crippen LogP contribution in [0.25, 0.3) is 0 Å². The molecule has 0 saturated heterocycles. The number of carboxylic acids is 1. The molecule has 0 saturated carbocycles. The highest BCUT2D eigenvalue weighted by molar-refractivity contribution is 5.67. The summed E-state index contributed by atoms with van der Waals surface area (Å²) in [4.78, 5) is 10.6. The van der Waals surface area contributed by atoms with Gasteiger partial charge in [-0.1, -0.05) is 13.8 Å². The van der Waals surface area contributed by atoms with Crippen LogP contribution in [-0.2, 0) is 11.2 Å². The van der Waals surface area contributed by atoms with E-state index in [4.69, 9.17) is 5.11 Å². The lowest BCUT2D eigenvalue weighted by atomic mass is 9.83. The number of hydrogen-bond acceptors (Lipinski definition) is 1. The van der Waals surface area contributed by atoms with Gasteiger partial charge in [0.2, 0.25) is 0 Å². The standard InChI is InChI=1S/C12H14F2O2/c1-12(2,7-11(15)16)6-8-3-9(13)5-10(14)4-8/h3-5H,6-7H2,1-2H3,(H,15,16). The molecular formula is C12H14F2O2. The number of hydrogen-bond donors (Lipinski definition) is 1. The number of benzene rings is 1. The van der Waals surface area contributed by atoms with Crippen LogP contribution in [0.5, 0.6) is 0 Å². The van der Waals surface area contributed by atoms with Gasteiger partial charge in [-0.15, -0.1) is 0 Å². The lowest BCUT2D eigenvalue weighted by Crippen LogP contribution is -2.19. The Balaban J connectivity index is 2.83. The number of halogens is 2. The molecule has 0 aliphatic carbocycles. The second-order valence-electron chi connectivity index (χ2n) is 4.69. The van der Waals surface area contributed by atoms with Crippen molar-refractivity contribution in [2.45, 2.75) is 26.7 Å². The fraction of sp³-hybridized carbons (Fsp3) is 0.417. The lowest BCUT2D eigenvalue weighted by molar-refractivity contribution is -0.139. The Morgan fingerprint density at radius 3 is 2.19 bits per heavy atom. The van der Waals surface area contributed by atoms with Crippen LogP contribution in [-0.4, -0.2) is 11.1 Å². The quantitative estimate of drug-likeness (QED) is 0.860. The van der Waals surface area contributed by atoms with E-state index >= 15 is 0 Å². The molecule has 4 heteroatoms. The SMILES string of the molecule is CC(C)(CC(=O)O)Cc1cc(F)cc(F)c1. The van der Waals surface area contributed by atoms with Crippen molar-refractivity contribution in [1.82, 2.24) is 0 Å². The summed E-state index contributed by atoms with van der Waals surface area (Å²) in [6.45, 7) is 3.51. The molecule has 0 radical (unpaired) electrons. The van der Waals surface area contributed by atoms with Crippen molar-refractivity contribution >= 4 is 5.97 Å². The first kappa shape index (κ1) is 12.6. The highest BCUT2D eigenvalue weighted by Gasteiger charge is 2.22. The third-order valence-corrected chi connectivity index (χ3v) is 2.23. The molecule has 1 aromatic rings. The summed E-state index contributed by atoms with van der Waals surface area (Å²) in [5.41, 5.74) is -0.0461. The molecule has 0 amide bonds. The van der Waals surface area contributed by atoms with E-state index in [-0.39, 0.29) is 6.42 Å². The molecule has 0 aromatic heterocycles. The molecule has 0 aliphatic rings. The van der Waals surface area contributed by atoms with Crippen LogP contribution in [0.4, 0.5) is 8.78 Å². The van der Waals surface area contributed by atoms with Crippen LogP contribution in [0.15, 0.2) is 18.2 Å². The Kier molecular flexibility index (Phi) is 3.62. The fourth-order valence-corrected chi connectivity index (χ4v) is 1.74. The first-order valence-electron chi connectivity index (χ1n) is 4.95. The van der Waals surface area contributed by atoms with Crippen LogP contribution in [0.2, 0.25) is 0 Å². The number of aliphatic carboxylic acids is 1. The Morgan fingerprint density at radius 2 is 1.75 bits per heavy atom. The first-order chi connectivity index (χ1) is 7.28. The summed E-state index contributed by atoms with van der Waals surface area (Å²) in [7, 11) is 0. The van der Waals surface area contributed by atoms with E-state index < -0.39 is 23.0 Å². The Labute approximate surface area is 92.9 Å². The Bertz CT molecular complexity index is 380. The Hall–Kier alpha value is -1.45. The molecule has 1 aromatic carbocycles. The van der Waals surface area contributed by atoms with Crippen molar-refractivity contribution in [3.05, 3.63) is 35.4 Å². The average Bonchev–Trinajstić information content (AvgIpc) is 1.95. The topological polar surface area (TPSA) is 37.3 Å². The van der Waals surface area contributed by atoms with Crippen molar-refractivity contribution < 1.29 is 18.7 Å². The number of rotatable bonds is 4. The predicted octanol–water partition coefficient (Wildman–Crippen LogP) is 3.01. The third kappa shape index (κ3) is 3.96. The van der Waals surface area contributed by atoms with E-state index in [2.05, 4.69) is 0 Å². The summed E-state index contributed by atoms with van der Waals surface area (Å²) in [6.07, 6.45) is 0.291. The van der Waals surface area contributed by atoms with Crippen LogP contribution < -0.4 is 0 Å². The summed E-state index contributed by atoms with van der Waals surface area (Å²) < 4.78 is 25.8. The number of carbonyl (C=O) groups is 1. The third-order valence-electron chi connectivity index (χ3n) is 2.23. The van der Waals surface area contributed by atoms with Gasteiger partial charge in [-0.3, -0.25) is 4.79 Å². The minimum atomic E-state index is -0.915. The van der Waals surface area contributed by atoms with E-state index in [0.717, 1.165) is 6.07 Å². The van der Waals surface area contributed by atoms with Gasteiger partial charge in [0.25, 0.3) is 0 Å². The monoisotopic (exact) mass is 228 g/mol. The zero-order chi connectivity index (χ0) is 12.3. The molecule has 0 unspecified atom stereocenters. The Morgan fingerprint density at radius 1 is 1.25 bits per heavy atom. The molecule has 0 bridgehead atoms. The fourth-order valence-electron chi connectivity index (χ4n) is 1.74. The van der Waals surface area contributed by atoms with Gasteiger partial charge in [0.05, 0.1) is 6.42 Å². The normalized spacial score (nSPS) is 11.5. The first-order valence-corrected chi connectivity index (χ1v) is 4.95. The highest BCUT2D eigenvalue weighted by atomic mass is 19.1. The zero-order valence-corrected chi connectivity index (χ0v) is 9.26. The maximum atomic E-state index is 12.9.